The number of carbonyl (C=O) groups is 4. The van der Waals surface area contributed by atoms with Crippen molar-refractivity contribution < 1.29 is 29.0 Å². The summed E-state index contributed by atoms with van der Waals surface area (Å²) in [5.41, 5.74) is 7.23. The highest BCUT2D eigenvalue weighted by atomic mass is 16.6. The van der Waals surface area contributed by atoms with Crippen molar-refractivity contribution in [2.45, 2.75) is 29.6 Å². The van der Waals surface area contributed by atoms with Crippen molar-refractivity contribution in [1.29, 1.82) is 0 Å². The van der Waals surface area contributed by atoms with Crippen molar-refractivity contribution in [1.82, 2.24) is 25.1 Å². The Morgan fingerprint density at radius 2 is 1.53 bits per heavy atom. The van der Waals surface area contributed by atoms with Gasteiger partial charge in [-0.05, 0) is 58.7 Å². The number of nitrogens with one attached hydrogen (secondary N) is 2. The molecule has 6 unspecified atom stereocenters. The van der Waals surface area contributed by atoms with Crippen molar-refractivity contribution in [2.75, 3.05) is 42.9 Å². The van der Waals surface area contributed by atoms with Crippen LogP contribution in [0, 0.1) is 17.8 Å². The highest BCUT2D eigenvalue weighted by Gasteiger charge is 2.74. The lowest BCUT2D eigenvalue weighted by Crippen LogP contribution is -2.58. The Labute approximate surface area is 340 Å². The number of nitrogens with two attached hydrogens (primary N) is 1. The van der Waals surface area contributed by atoms with E-state index in [0.29, 0.717) is 41.4 Å². The van der Waals surface area contributed by atoms with Crippen LogP contribution in [0.3, 0.4) is 0 Å². The number of esters is 1. The van der Waals surface area contributed by atoms with Crippen LogP contribution in [0.2, 0.25) is 0 Å². The summed E-state index contributed by atoms with van der Waals surface area (Å²) < 4.78 is 6.52. The molecule has 0 radical (unpaired) electrons. The Morgan fingerprint density at radius 1 is 0.847 bits per heavy atom. The van der Waals surface area contributed by atoms with E-state index in [4.69, 9.17) is 10.5 Å². The third kappa shape index (κ3) is 6.45. The number of aromatic hydroxyl groups is 1. The first kappa shape index (κ1) is 37.3. The molecule has 4 aromatic carbocycles. The van der Waals surface area contributed by atoms with Gasteiger partial charge in [0.05, 0.1) is 24.5 Å². The second kappa shape index (κ2) is 15.3. The second-order valence-electron chi connectivity index (χ2n) is 15.0. The van der Waals surface area contributed by atoms with Crippen LogP contribution in [-0.4, -0.2) is 87.5 Å². The Morgan fingerprint density at radius 3 is 2.20 bits per heavy atom. The molecule has 4 aliphatic rings. The Kier molecular flexibility index (Phi) is 9.66. The zero-order chi connectivity index (χ0) is 40.7. The normalized spacial score (nSPS) is 24.6. The van der Waals surface area contributed by atoms with Gasteiger partial charge in [-0.3, -0.25) is 19.3 Å². The Bertz CT molecular complexity index is 2470. The molecule has 3 fully saturated rings. The number of hydrogen-bond donors (Lipinski definition) is 4. The van der Waals surface area contributed by atoms with E-state index in [1.807, 2.05) is 70.5 Å². The molecule has 0 bridgehead atoms. The van der Waals surface area contributed by atoms with Crippen LogP contribution < -0.4 is 21.3 Å². The third-order valence-corrected chi connectivity index (χ3v) is 11.8. The number of nitrogens with zero attached hydrogens (tertiary/aromatic N) is 5. The molecule has 0 aliphatic carbocycles. The number of phenolic OH excluding ortho intramolecular Hbond substituents is 1. The number of piperazine rings is 1. The van der Waals surface area contributed by atoms with Crippen molar-refractivity contribution in [3.8, 4) is 17.6 Å². The summed E-state index contributed by atoms with van der Waals surface area (Å²) in [7, 11) is 0. The fraction of sp³-hybridized carbons (Fsp3) is 0.244. The van der Waals surface area contributed by atoms with Gasteiger partial charge in [0.15, 0.2) is 0 Å². The molecule has 3 saturated heterocycles. The number of anilines is 2. The number of phenols is 1. The Balaban J connectivity index is 1.26. The number of rotatable bonds is 6. The average Bonchev–Trinajstić information content (AvgIpc) is 3.74. The van der Waals surface area contributed by atoms with E-state index < -0.39 is 53.5 Å². The molecule has 5 N–H and O–H groups in total. The molecule has 14 nitrogen and oxygen atoms in total. The smallest absolute Gasteiger partial charge is 0.324 e. The van der Waals surface area contributed by atoms with E-state index >= 15 is 14.4 Å². The predicted molar refractivity (Wildman–Crippen MR) is 216 cm³/mol. The molecule has 1 aromatic heterocycles. The van der Waals surface area contributed by atoms with Crippen molar-refractivity contribution in [3.63, 3.8) is 0 Å². The number of hydrogen-bond acceptors (Lipinski definition) is 10. The van der Waals surface area contributed by atoms with Crippen LogP contribution in [0.1, 0.15) is 46.0 Å². The number of carbonyl (C=O) groups excluding carboxylic acids is 4. The lowest BCUT2D eigenvalue weighted by Gasteiger charge is -2.46. The van der Waals surface area contributed by atoms with Crippen LogP contribution in [0.25, 0.3) is 0 Å². The summed E-state index contributed by atoms with van der Waals surface area (Å²) in [6, 6.07) is 29.2. The number of ether oxygens (including phenoxy) is 1. The van der Waals surface area contributed by atoms with E-state index in [2.05, 4.69) is 32.4 Å². The van der Waals surface area contributed by atoms with Gasteiger partial charge in [0, 0.05) is 49.8 Å². The SMILES string of the molecule is NC(=O)NCC#Cc1ccc2c(c1)C1(C(=O)N2)C(C(=O)N2CCN(c3ncccn3)CC2)C2C(=O)OC(c3ccccc3)C(c3ccccc3)N2C1c1ccc(O)cc1. The molecule has 4 amide bonds. The quantitative estimate of drug-likeness (QED) is 0.146. The molecule has 0 saturated carbocycles. The van der Waals surface area contributed by atoms with E-state index in [1.165, 1.54) is 0 Å². The van der Waals surface area contributed by atoms with Gasteiger partial charge in [0.1, 0.15) is 23.3 Å². The maximum atomic E-state index is 15.7. The molecule has 59 heavy (non-hydrogen) atoms. The lowest BCUT2D eigenvalue weighted by molar-refractivity contribution is -0.179. The third-order valence-electron chi connectivity index (χ3n) is 11.8. The number of benzene rings is 4. The van der Waals surface area contributed by atoms with E-state index in [0.717, 1.165) is 11.1 Å². The van der Waals surface area contributed by atoms with Gasteiger partial charge in [-0.15, -0.1) is 0 Å². The summed E-state index contributed by atoms with van der Waals surface area (Å²) in [6.07, 6.45) is 2.52. The van der Waals surface area contributed by atoms with Gasteiger partial charge < -0.3 is 36.0 Å². The zero-order valence-corrected chi connectivity index (χ0v) is 31.8. The molecule has 5 heterocycles. The maximum absolute atomic E-state index is 15.7. The molecule has 5 aromatic rings. The van der Waals surface area contributed by atoms with E-state index in [-0.39, 0.29) is 31.3 Å². The van der Waals surface area contributed by atoms with Gasteiger partial charge >= 0.3 is 12.0 Å². The van der Waals surface area contributed by atoms with Crippen molar-refractivity contribution in [3.05, 3.63) is 149 Å². The zero-order valence-electron chi connectivity index (χ0n) is 31.8. The fourth-order valence-electron chi connectivity index (χ4n) is 9.36. The first-order valence-electron chi connectivity index (χ1n) is 19.4. The minimum atomic E-state index is -1.71. The summed E-state index contributed by atoms with van der Waals surface area (Å²) in [5.74, 6) is 3.80. The lowest BCUT2D eigenvalue weighted by atomic mass is 9.65. The van der Waals surface area contributed by atoms with Crippen LogP contribution in [0.5, 0.6) is 5.75 Å². The van der Waals surface area contributed by atoms with Crippen molar-refractivity contribution >= 4 is 35.5 Å². The van der Waals surface area contributed by atoms with E-state index in [9.17, 15) is 9.90 Å². The average molecular weight is 789 g/mol. The van der Waals surface area contributed by atoms with Gasteiger partial charge in [-0.1, -0.05) is 84.6 Å². The van der Waals surface area contributed by atoms with Crippen LogP contribution in [0.4, 0.5) is 16.4 Å². The number of morpholine rings is 1. The minimum absolute atomic E-state index is 0.00664. The molecule has 296 valence electrons. The van der Waals surface area contributed by atoms with Crippen molar-refractivity contribution in [2.24, 2.45) is 11.7 Å². The minimum Gasteiger partial charge on any atom is -0.508 e. The predicted octanol–water partition coefficient (Wildman–Crippen LogP) is 3.82. The van der Waals surface area contributed by atoms with E-state index in [1.54, 1.807) is 65.8 Å². The number of primary amides is 1. The topological polar surface area (TPSA) is 183 Å². The van der Waals surface area contributed by atoms with Crippen LogP contribution in [-0.2, 0) is 24.5 Å². The summed E-state index contributed by atoms with van der Waals surface area (Å²) in [4.78, 5) is 72.1. The Hall–Kier alpha value is -7.24. The summed E-state index contributed by atoms with van der Waals surface area (Å²) >= 11 is 0. The maximum Gasteiger partial charge on any atom is 0.324 e. The summed E-state index contributed by atoms with van der Waals surface area (Å²) in [5, 5.41) is 16.1. The largest absolute Gasteiger partial charge is 0.508 e. The van der Waals surface area contributed by atoms with Gasteiger partial charge in [0.25, 0.3) is 0 Å². The second-order valence-corrected chi connectivity index (χ2v) is 15.0. The summed E-state index contributed by atoms with van der Waals surface area (Å²) in [6.45, 7) is 1.43. The monoisotopic (exact) mass is 788 g/mol. The van der Waals surface area contributed by atoms with Gasteiger partial charge in [-0.25, -0.2) is 14.8 Å². The molecule has 6 atom stereocenters. The first-order valence-corrected chi connectivity index (χ1v) is 19.4. The number of cyclic esters (lactones) is 1. The molecule has 4 aliphatic heterocycles. The number of fused-ring (bicyclic) bond motifs is 3. The highest BCUT2D eigenvalue weighted by Crippen LogP contribution is 2.65. The number of amides is 4. The molecular formula is C45H40N8O6. The molecular weight excluding hydrogens is 749 g/mol. The number of aromatic nitrogens is 2. The molecule has 9 rings (SSSR count). The fourth-order valence-corrected chi connectivity index (χ4v) is 9.36. The standard InChI is InChI=1S/C45H40N8O6/c46-43(58)47-20-7-9-28-14-19-34-33(27-28)45(42(57)50-34)35(40(55)51-23-25-52(26-24-51)44-48-21-8-22-49-44)37-41(56)59-38(30-12-5-2-6-13-30)36(29-10-3-1-4-11-29)53(37)39(45)31-15-17-32(54)18-16-31/h1-6,8,10-19,21-22,27,35-39,54H,20,23-26H2,(H,50,57)(H3,46,47,58). The number of urea groups is 1. The van der Waals surface area contributed by atoms with Crippen LogP contribution >= 0.6 is 0 Å². The van der Waals surface area contributed by atoms with Gasteiger partial charge in [0.2, 0.25) is 17.8 Å². The molecule has 14 heteroatoms. The van der Waals surface area contributed by atoms with Gasteiger partial charge in [-0.2, -0.15) is 0 Å². The van der Waals surface area contributed by atoms with Crippen LogP contribution in [0.15, 0.2) is 122 Å². The highest BCUT2D eigenvalue weighted by molar-refractivity contribution is 6.12. The first-order chi connectivity index (χ1) is 28.8. The molecule has 1 spiro atoms.